The fourth-order valence-electron chi connectivity index (χ4n) is 3.91. The summed E-state index contributed by atoms with van der Waals surface area (Å²) in [7, 11) is 0. The lowest BCUT2D eigenvalue weighted by Gasteiger charge is -2.41. The van der Waals surface area contributed by atoms with E-state index in [1.807, 2.05) is 24.3 Å². The smallest absolute Gasteiger partial charge is 0.281 e. The molecule has 5 N–H and O–H groups in total. The van der Waals surface area contributed by atoms with Crippen LogP contribution in [0.2, 0.25) is 0 Å². The van der Waals surface area contributed by atoms with Gasteiger partial charge >= 0.3 is 0 Å². The Balaban J connectivity index is 1.55. The molecule has 0 spiro atoms. The number of amides is 1. The Labute approximate surface area is 186 Å². The second-order valence-electron chi connectivity index (χ2n) is 8.88. The minimum absolute atomic E-state index is 0.272. The van der Waals surface area contributed by atoms with Crippen LogP contribution in [0.1, 0.15) is 49.0 Å². The maximum Gasteiger partial charge on any atom is 0.281 e. The molecule has 1 saturated carbocycles. The predicted molar refractivity (Wildman–Crippen MR) is 122 cm³/mol. The molecule has 0 aliphatic heterocycles. The van der Waals surface area contributed by atoms with Crippen molar-refractivity contribution in [2.24, 2.45) is 10.7 Å². The van der Waals surface area contributed by atoms with Crippen molar-refractivity contribution in [1.29, 1.82) is 0 Å². The number of carbonyl (C=O) groups is 1. The van der Waals surface area contributed by atoms with Crippen LogP contribution < -0.4 is 11.5 Å². The van der Waals surface area contributed by atoms with Gasteiger partial charge in [0.05, 0.1) is 47.4 Å². The van der Waals surface area contributed by atoms with Crippen molar-refractivity contribution < 1.29 is 9.90 Å². The molecule has 1 aliphatic rings. The Morgan fingerprint density at radius 1 is 1.19 bits per heavy atom. The minimum atomic E-state index is -0.936. The summed E-state index contributed by atoms with van der Waals surface area (Å²) in [6.07, 6.45) is 8.85. The summed E-state index contributed by atoms with van der Waals surface area (Å²) in [6, 6.07) is 7.93. The molecule has 0 saturated heterocycles. The molecule has 166 valence electrons. The molecule has 2 heterocycles. The lowest BCUT2D eigenvalue weighted by atomic mass is 9.63. The first-order valence-corrected chi connectivity index (χ1v) is 10.5. The van der Waals surface area contributed by atoms with E-state index in [4.69, 9.17) is 11.5 Å². The van der Waals surface area contributed by atoms with Gasteiger partial charge < -0.3 is 16.6 Å². The van der Waals surface area contributed by atoms with Crippen LogP contribution in [0.15, 0.2) is 54.0 Å². The molecule has 4 rings (SSSR count). The molecular weight excluding hydrogens is 406 g/mol. The molecule has 0 bridgehead atoms. The van der Waals surface area contributed by atoms with Gasteiger partial charge in [-0.15, -0.1) is 0 Å². The normalized spacial score (nSPS) is 15.9. The van der Waals surface area contributed by atoms with Crippen molar-refractivity contribution in [3.05, 3.63) is 60.2 Å². The Kier molecular flexibility index (Phi) is 5.52. The second-order valence-corrected chi connectivity index (χ2v) is 8.88. The third kappa shape index (κ3) is 4.38. The van der Waals surface area contributed by atoms with E-state index in [1.54, 1.807) is 26.2 Å². The fourth-order valence-corrected chi connectivity index (χ4v) is 3.91. The highest BCUT2D eigenvalue weighted by Crippen LogP contribution is 2.44. The van der Waals surface area contributed by atoms with Crippen molar-refractivity contribution in [1.82, 2.24) is 19.7 Å². The zero-order valence-electron chi connectivity index (χ0n) is 18.2. The summed E-state index contributed by atoms with van der Waals surface area (Å²) in [6.45, 7) is 3.63. The molecule has 0 radical (unpaired) electrons. The number of amidine groups is 1. The van der Waals surface area contributed by atoms with Crippen molar-refractivity contribution in [2.45, 2.75) is 50.7 Å². The topological polar surface area (TPSA) is 145 Å². The number of nitrogens with two attached hydrogens (primary N) is 2. The average Bonchev–Trinajstić information content (AvgIpc) is 3.15. The SMILES string of the molecule is CC(C)(O)Cn1cc(C(=O)N=C(N)C2(c3ccc(-c4cnc(N)cn4)cc3)CCC2)cn1. The van der Waals surface area contributed by atoms with Crippen LogP contribution in [0.5, 0.6) is 0 Å². The number of anilines is 1. The highest BCUT2D eigenvalue weighted by Gasteiger charge is 2.43. The zero-order valence-corrected chi connectivity index (χ0v) is 18.2. The van der Waals surface area contributed by atoms with Gasteiger partial charge in [-0.2, -0.15) is 10.1 Å². The number of carbonyl (C=O) groups excluding carboxylic acids is 1. The van der Waals surface area contributed by atoms with Gasteiger partial charge in [-0.25, -0.2) is 4.98 Å². The van der Waals surface area contributed by atoms with E-state index < -0.39 is 16.9 Å². The Morgan fingerprint density at radius 3 is 2.47 bits per heavy atom. The van der Waals surface area contributed by atoms with Crippen LogP contribution in [0.25, 0.3) is 11.3 Å². The summed E-state index contributed by atoms with van der Waals surface area (Å²) in [5, 5.41) is 14.1. The minimum Gasteiger partial charge on any atom is -0.389 e. The van der Waals surface area contributed by atoms with Crippen LogP contribution in [0, 0.1) is 0 Å². The number of aliphatic imine (C=N–C) groups is 1. The summed E-state index contributed by atoms with van der Waals surface area (Å²) in [5.41, 5.74) is 13.6. The Bertz CT molecular complexity index is 1140. The quantitative estimate of drug-likeness (QED) is 0.399. The van der Waals surface area contributed by atoms with E-state index in [1.165, 1.54) is 17.1 Å². The van der Waals surface area contributed by atoms with Crippen LogP contribution in [-0.4, -0.2) is 42.2 Å². The van der Waals surface area contributed by atoms with Crippen LogP contribution >= 0.6 is 0 Å². The van der Waals surface area contributed by atoms with E-state index >= 15 is 0 Å². The van der Waals surface area contributed by atoms with Crippen LogP contribution in [0.3, 0.4) is 0 Å². The Hall–Kier alpha value is -3.59. The van der Waals surface area contributed by atoms with Crippen molar-refractivity contribution in [2.75, 3.05) is 5.73 Å². The fraction of sp³-hybridized carbons (Fsp3) is 0.348. The first kappa shape index (κ1) is 21.6. The summed E-state index contributed by atoms with van der Waals surface area (Å²) in [5.74, 6) is 0.242. The highest BCUT2D eigenvalue weighted by atomic mass is 16.3. The van der Waals surface area contributed by atoms with Gasteiger partial charge in [0.2, 0.25) is 0 Å². The third-order valence-electron chi connectivity index (χ3n) is 5.75. The standard InChI is InChI=1S/C23H27N7O2/c1-22(2,32)14-30-13-16(10-28-30)20(31)29-21(25)23(8-3-9-23)17-6-4-15(5-7-17)18-11-27-19(24)12-26-18/h4-7,10-13,32H,3,8-9,14H2,1-2H3,(H2,24,27)(H2,25,29,31). The second kappa shape index (κ2) is 8.16. The van der Waals surface area contributed by atoms with Gasteiger partial charge in [-0.3, -0.25) is 14.5 Å². The number of aromatic nitrogens is 4. The van der Waals surface area contributed by atoms with Gasteiger partial charge in [0.15, 0.2) is 0 Å². The molecule has 1 aromatic carbocycles. The first-order valence-electron chi connectivity index (χ1n) is 10.5. The number of hydrogen-bond acceptors (Lipinski definition) is 6. The van der Waals surface area contributed by atoms with Gasteiger partial charge in [0.25, 0.3) is 5.91 Å². The van der Waals surface area contributed by atoms with Crippen molar-refractivity contribution in [3.63, 3.8) is 0 Å². The van der Waals surface area contributed by atoms with Crippen LogP contribution in [-0.2, 0) is 12.0 Å². The molecule has 2 aromatic heterocycles. The molecular formula is C23H27N7O2. The third-order valence-corrected chi connectivity index (χ3v) is 5.75. The van der Waals surface area contributed by atoms with Crippen molar-refractivity contribution in [3.8, 4) is 11.3 Å². The molecule has 9 nitrogen and oxygen atoms in total. The molecule has 0 unspecified atom stereocenters. The monoisotopic (exact) mass is 433 g/mol. The lowest BCUT2D eigenvalue weighted by Crippen LogP contribution is -2.47. The average molecular weight is 434 g/mol. The van der Waals surface area contributed by atoms with E-state index in [9.17, 15) is 9.90 Å². The van der Waals surface area contributed by atoms with Crippen LogP contribution in [0.4, 0.5) is 5.82 Å². The first-order chi connectivity index (χ1) is 15.2. The number of aliphatic hydroxyl groups is 1. The van der Waals surface area contributed by atoms with E-state index in [2.05, 4.69) is 20.1 Å². The van der Waals surface area contributed by atoms with Gasteiger partial charge in [-0.1, -0.05) is 30.7 Å². The Morgan fingerprint density at radius 2 is 1.91 bits per heavy atom. The molecule has 3 aromatic rings. The highest BCUT2D eigenvalue weighted by molar-refractivity contribution is 6.06. The molecule has 9 heteroatoms. The molecule has 1 fully saturated rings. The summed E-state index contributed by atoms with van der Waals surface area (Å²) >= 11 is 0. The largest absolute Gasteiger partial charge is 0.389 e. The van der Waals surface area contributed by atoms with Gasteiger partial charge in [0, 0.05) is 11.8 Å². The maximum absolute atomic E-state index is 12.7. The van der Waals surface area contributed by atoms with Gasteiger partial charge in [-0.05, 0) is 32.3 Å². The summed E-state index contributed by atoms with van der Waals surface area (Å²) < 4.78 is 1.52. The van der Waals surface area contributed by atoms with Gasteiger partial charge in [0.1, 0.15) is 11.7 Å². The summed E-state index contributed by atoms with van der Waals surface area (Å²) in [4.78, 5) is 25.3. The number of nitrogen functional groups attached to an aromatic ring is 1. The maximum atomic E-state index is 12.7. The number of rotatable bonds is 6. The number of hydrogen-bond donors (Lipinski definition) is 3. The lowest BCUT2D eigenvalue weighted by molar-refractivity contribution is 0.0576. The zero-order chi connectivity index (χ0) is 22.9. The van der Waals surface area contributed by atoms with E-state index in [-0.39, 0.29) is 6.54 Å². The molecule has 1 amide bonds. The van der Waals surface area contributed by atoms with Crippen molar-refractivity contribution >= 4 is 17.6 Å². The number of benzene rings is 1. The predicted octanol–water partition coefficient (Wildman–Crippen LogP) is 2.31. The molecule has 0 atom stereocenters. The molecule has 32 heavy (non-hydrogen) atoms. The van der Waals surface area contributed by atoms with E-state index in [0.29, 0.717) is 17.2 Å². The van der Waals surface area contributed by atoms with E-state index in [0.717, 1.165) is 36.1 Å². The molecule has 1 aliphatic carbocycles. The number of nitrogens with zero attached hydrogens (tertiary/aromatic N) is 5.